The normalized spacial score (nSPS) is 13.9. The number of ketones is 1. The maximum absolute atomic E-state index is 12.6. The lowest BCUT2D eigenvalue weighted by Crippen LogP contribution is -2.08. The van der Waals surface area contributed by atoms with Gasteiger partial charge in [0.25, 0.3) is 0 Å². The van der Waals surface area contributed by atoms with Crippen LogP contribution in [0, 0.1) is 0 Å². The molecule has 0 atom stereocenters. The highest BCUT2D eigenvalue weighted by Crippen LogP contribution is 2.36. The number of rotatable bonds is 3. The summed E-state index contributed by atoms with van der Waals surface area (Å²) in [6, 6.07) is 18.4. The number of hydrogen-bond donors (Lipinski definition) is 0. The third-order valence-corrected chi connectivity index (χ3v) is 4.96. The minimum Gasteiger partial charge on any atom is -0.452 e. The molecule has 138 valence electrons. The molecule has 1 heterocycles. The molecule has 0 aliphatic carbocycles. The summed E-state index contributed by atoms with van der Waals surface area (Å²) in [5.74, 6) is -0.0702. The Morgan fingerprint density at radius 2 is 1.75 bits per heavy atom. The average molecular weight is 411 g/mol. The summed E-state index contributed by atoms with van der Waals surface area (Å²) >= 11 is 12.2. The van der Waals surface area contributed by atoms with Gasteiger partial charge >= 0.3 is 5.97 Å². The van der Waals surface area contributed by atoms with Gasteiger partial charge in [-0.3, -0.25) is 4.79 Å². The predicted octanol–water partition coefficient (Wildman–Crippen LogP) is 5.83. The fourth-order valence-corrected chi connectivity index (χ4v) is 3.11. The second kappa shape index (κ2) is 7.50. The minimum absolute atomic E-state index is 0.116. The van der Waals surface area contributed by atoms with Crippen molar-refractivity contribution in [2.24, 2.45) is 0 Å². The molecule has 0 radical (unpaired) electrons. The Kier molecular flexibility index (Phi) is 4.90. The van der Waals surface area contributed by atoms with Gasteiger partial charge in [-0.1, -0.05) is 53.5 Å². The molecular weight excluding hydrogens is 399 g/mol. The van der Waals surface area contributed by atoms with Gasteiger partial charge in [-0.05, 0) is 42.0 Å². The lowest BCUT2D eigenvalue weighted by Gasteiger charge is -2.05. The monoisotopic (exact) mass is 410 g/mol. The first-order valence-corrected chi connectivity index (χ1v) is 9.08. The highest BCUT2D eigenvalue weighted by atomic mass is 35.5. The van der Waals surface area contributed by atoms with E-state index in [0.29, 0.717) is 32.5 Å². The molecule has 0 fully saturated rings. The number of halogens is 2. The molecule has 0 spiro atoms. The van der Waals surface area contributed by atoms with E-state index in [2.05, 4.69) is 0 Å². The number of fused-ring (bicyclic) bond motifs is 1. The number of esters is 1. The first kappa shape index (κ1) is 18.3. The summed E-state index contributed by atoms with van der Waals surface area (Å²) in [6.07, 6.45) is 1.53. The van der Waals surface area contributed by atoms with Gasteiger partial charge < -0.3 is 9.47 Å². The van der Waals surface area contributed by atoms with E-state index in [-0.39, 0.29) is 17.3 Å². The minimum atomic E-state index is -0.494. The number of allylic oxidation sites excluding steroid dienone is 1. The number of ether oxygens (including phenoxy) is 2. The van der Waals surface area contributed by atoms with E-state index in [4.69, 9.17) is 32.7 Å². The molecule has 0 amide bonds. The number of carbonyl (C=O) groups excluding carboxylic acids is 2. The van der Waals surface area contributed by atoms with Gasteiger partial charge in [-0.15, -0.1) is 0 Å². The molecule has 3 aromatic carbocycles. The van der Waals surface area contributed by atoms with Crippen LogP contribution >= 0.6 is 23.2 Å². The fraction of sp³-hybridized carbons (Fsp3) is 0. The van der Waals surface area contributed by atoms with Crippen molar-refractivity contribution in [3.8, 4) is 11.5 Å². The standard InChI is InChI=1S/C22H12Cl2O4/c23-17-8-4-7-14(20(17)24)11-19-21(25)16-10-9-15(12-18(16)28-19)27-22(26)13-5-2-1-3-6-13/h1-12H/b19-11-. The Morgan fingerprint density at radius 3 is 2.54 bits per heavy atom. The zero-order chi connectivity index (χ0) is 19.7. The molecule has 1 aliphatic heterocycles. The average Bonchev–Trinajstić information content (AvgIpc) is 3.01. The quantitative estimate of drug-likeness (QED) is 0.309. The molecule has 0 bridgehead atoms. The van der Waals surface area contributed by atoms with Crippen LogP contribution in [0.5, 0.6) is 11.5 Å². The predicted molar refractivity (Wildman–Crippen MR) is 107 cm³/mol. The SMILES string of the molecule is O=C(Oc1ccc2c(c1)O/C(=C\c1cccc(Cl)c1Cl)C2=O)c1ccccc1. The highest BCUT2D eigenvalue weighted by Gasteiger charge is 2.28. The summed E-state index contributed by atoms with van der Waals surface area (Å²) in [7, 11) is 0. The zero-order valence-corrected chi connectivity index (χ0v) is 15.8. The van der Waals surface area contributed by atoms with Crippen molar-refractivity contribution in [1.82, 2.24) is 0 Å². The second-order valence-electron chi connectivity index (χ2n) is 6.00. The number of hydrogen-bond acceptors (Lipinski definition) is 4. The Balaban J connectivity index is 1.59. The molecular formula is C22H12Cl2O4. The Hall–Kier alpha value is -3.08. The van der Waals surface area contributed by atoms with Crippen molar-refractivity contribution in [2.75, 3.05) is 0 Å². The van der Waals surface area contributed by atoms with Gasteiger partial charge in [-0.2, -0.15) is 0 Å². The van der Waals surface area contributed by atoms with Crippen LogP contribution in [0.25, 0.3) is 6.08 Å². The Morgan fingerprint density at radius 1 is 0.964 bits per heavy atom. The lowest BCUT2D eigenvalue weighted by atomic mass is 10.1. The molecule has 1 aliphatic rings. The molecule has 0 saturated carbocycles. The van der Waals surface area contributed by atoms with Crippen LogP contribution < -0.4 is 9.47 Å². The summed E-state index contributed by atoms with van der Waals surface area (Å²) in [5.41, 5.74) is 1.38. The molecule has 0 saturated heterocycles. The van der Waals surface area contributed by atoms with Crippen LogP contribution in [-0.4, -0.2) is 11.8 Å². The summed E-state index contributed by atoms with van der Waals surface area (Å²) < 4.78 is 11.0. The number of carbonyl (C=O) groups is 2. The van der Waals surface area contributed by atoms with Gasteiger partial charge in [0.05, 0.1) is 21.2 Å². The van der Waals surface area contributed by atoms with E-state index in [1.54, 1.807) is 54.6 Å². The molecule has 4 rings (SSSR count). The maximum Gasteiger partial charge on any atom is 0.343 e. The smallest absolute Gasteiger partial charge is 0.343 e. The summed E-state index contributed by atoms with van der Waals surface area (Å²) in [5, 5.41) is 0.718. The molecule has 4 nitrogen and oxygen atoms in total. The van der Waals surface area contributed by atoms with Crippen molar-refractivity contribution in [1.29, 1.82) is 0 Å². The van der Waals surface area contributed by atoms with Crippen LogP contribution in [0.3, 0.4) is 0 Å². The highest BCUT2D eigenvalue weighted by molar-refractivity contribution is 6.43. The lowest BCUT2D eigenvalue weighted by molar-refractivity contribution is 0.0734. The van der Waals surface area contributed by atoms with Gasteiger partial charge in [0.2, 0.25) is 5.78 Å². The van der Waals surface area contributed by atoms with Crippen LogP contribution in [0.4, 0.5) is 0 Å². The Bertz CT molecular complexity index is 1120. The topological polar surface area (TPSA) is 52.6 Å². The van der Waals surface area contributed by atoms with E-state index >= 15 is 0 Å². The van der Waals surface area contributed by atoms with Crippen molar-refractivity contribution in [3.05, 3.63) is 99.2 Å². The van der Waals surface area contributed by atoms with Crippen LogP contribution in [0.1, 0.15) is 26.3 Å². The zero-order valence-electron chi connectivity index (χ0n) is 14.3. The van der Waals surface area contributed by atoms with Gasteiger partial charge in [-0.25, -0.2) is 4.79 Å². The van der Waals surface area contributed by atoms with E-state index in [0.717, 1.165) is 0 Å². The molecule has 6 heteroatoms. The maximum atomic E-state index is 12.6. The van der Waals surface area contributed by atoms with Crippen LogP contribution in [0.2, 0.25) is 10.0 Å². The number of Topliss-reactive ketones (excluding diaryl/α,β-unsaturated/α-hetero) is 1. The summed E-state index contributed by atoms with van der Waals surface area (Å²) in [4.78, 5) is 24.8. The van der Waals surface area contributed by atoms with Crippen molar-refractivity contribution in [2.45, 2.75) is 0 Å². The third kappa shape index (κ3) is 3.52. The molecule has 0 N–H and O–H groups in total. The largest absolute Gasteiger partial charge is 0.452 e. The van der Waals surface area contributed by atoms with E-state index in [1.165, 1.54) is 12.1 Å². The van der Waals surface area contributed by atoms with Crippen molar-refractivity contribution in [3.63, 3.8) is 0 Å². The summed E-state index contributed by atoms with van der Waals surface area (Å²) in [6.45, 7) is 0. The first-order chi connectivity index (χ1) is 13.5. The Labute approximate surface area is 170 Å². The number of benzene rings is 3. The second-order valence-corrected chi connectivity index (χ2v) is 6.78. The molecule has 0 aromatic heterocycles. The molecule has 0 unspecified atom stereocenters. The molecule has 3 aromatic rings. The van der Waals surface area contributed by atoms with Crippen molar-refractivity contribution >= 4 is 41.0 Å². The van der Waals surface area contributed by atoms with Gasteiger partial charge in [0.15, 0.2) is 5.76 Å². The third-order valence-electron chi connectivity index (χ3n) is 4.13. The molecule has 28 heavy (non-hydrogen) atoms. The first-order valence-electron chi connectivity index (χ1n) is 8.32. The van der Waals surface area contributed by atoms with Crippen LogP contribution in [-0.2, 0) is 0 Å². The van der Waals surface area contributed by atoms with Crippen molar-refractivity contribution < 1.29 is 19.1 Å². The van der Waals surface area contributed by atoms with Gasteiger partial charge in [0, 0.05) is 6.07 Å². The van der Waals surface area contributed by atoms with E-state index in [1.807, 2.05) is 6.07 Å². The van der Waals surface area contributed by atoms with Crippen LogP contribution in [0.15, 0.2) is 72.5 Å². The fourth-order valence-electron chi connectivity index (χ4n) is 2.74. The van der Waals surface area contributed by atoms with E-state index in [9.17, 15) is 9.59 Å². The van der Waals surface area contributed by atoms with E-state index < -0.39 is 5.97 Å². The van der Waals surface area contributed by atoms with Gasteiger partial charge in [0.1, 0.15) is 11.5 Å².